The molecule has 0 spiro atoms. The average Bonchev–Trinajstić information content (AvgIpc) is 4.07. The number of amides is 2. The van der Waals surface area contributed by atoms with E-state index in [1.165, 1.54) is 20.5 Å². The number of sulfone groups is 1. The van der Waals surface area contributed by atoms with E-state index >= 15 is 0 Å². The van der Waals surface area contributed by atoms with E-state index in [0.717, 1.165) is 40.8 Å². The van der Waals surface area contributed by atoms with Gasteiger partial charge in [0.1, 0.15) is 0 Å². The minimum atomic E-state index is -3.42. The molecule has 3 aromatic rings. The standard InChI is InChI=1S/C53H69N3O10S/c1-52(2,3)40(32-48(59)65-7)50(61)54-28-10-12-44(54)46(57)30-34-14-18-36(19-15-34)42-26-27-43(56(42)38-22-24-39(25-23-38)67(9,63)64)37-20-16-35(17-21-37)31-47(58)45-13-11-29-55(45)51(62)41(53(4,5)6)33-49(60)66-8/h14-25,40-45H,10-13,26-33H2,1-9H3/t40-,41-,42-,43-,44+,45+/m1/s1. The molecule has 3 saturated heterocycles. The quantitative estimate of drug-likeness (QED) is 0.129. The molecule has 6 rings (SSSR count). The van der Waals surface area contributed by atoms with Crippen LogP contribution in [0, 0.1) is 22.7 Å². The lowest BCUT2D eigenvalue weighted by Crippen LogP contribution is -2.47. The highest BCUT2D eigenvalue weighted by Crippen LogP contribution is 2.47. The van der Waals surface area contributed by atoms with Gasteiger partial charge in [-0.25, -0.2) is 8.42 Å². The van der Waals surface area contributed by atoms with Gasteiger partial charge in [0.15, 0.2) is 21.4 Å². The Kier molecular flexibility index (Phi) is 15.9. The number of benzene rings is 3. The van der Waals surface area contributed by atoms with Crippen LogP contribution in [0.5, 0.6) is 0 Å². The van der Waals surface area contributed by atoms with Gasteiger partial charge in [-0.2, -0.15) is 0 Å². The monoisotopic (exact) mass is 939 g/mol. The van der Waals surface area contributed by atoms with Gasteiger partial charge in [0, 0.05) is 37.9 Å². The highest BCUT2D eigenvalue weighted by molar-refractivity contribution is 7.90. The molecule has 0 N–H and O–H groups in total. The molecule has 0 aliphatic carbocycles. The number of rotatable bonds is 16. The number of carbonyl (C=O) groups is 6. The molecule has 362 valence electrons. The maximum atomic E-state index is 13.9. The van der Waals surface area contributed by atoms with Crippen molar-refractivity contribution in [3.8, 4) is 0 Å². The van der Waals surface area contributed by atoms with Crippen LogP contribution in [0.1, 0.15) is 127 Å². The van der Waals surface area contributed by atoms with Crippen molar-refractivity contribution in [2.45, 2.75) is 135 Å². The van der Waals surface area contributed by atoms with Crippen LogP contribution in [0.2, 0.25) is 0 Å². The molecule has 0 radical (unpaired) electrons. The van der Waals surface area contributed by atoms with Crippen molar-refractivity contribution >= 4 is 50.8 Å². The Morgan fingerprint density at radius 2 is 0.955 bits per heavy atom. The van der Waals surface area contributed by atoms with E-state index in [2.05, 4.69) is 4.90 Å². The number of hydrogen-bond donors (Lipinski definition) is 0. The highest BCUT2D eigenvalue weighted by Gasteiger charge is 2.44. The minimum Gasteiger partial charge on any atom is -0.469 e. The molecular formula is C53H69N3O10S. The number of anilines is 1. The van der Waals surface area contributed by atoms with Crippen molar-refractivity contribution in [1.82, 2.24) is 9.80 Å². The smallest absolute Gasteiger partial charge is 0.306 e. The van der Waals surface area contributed by atoms with Gasteiger partial charge in [0.2, 0.25) is 11.8 Å². The van der Waals surface area contributed by atoms with Gasteiger partial charge in [0.05, 0.1) is 68.0 Å². The predicted molar refractivity (Wildman–Crippen MR) is 256 cm³/mol. The van der Waals surface area contributed by atoms with Crippen LogP contribution >= 0.6 is 0 Å². The van der Waals surface area contributed by atoms with E-state index in [4.69, 9.17) is 9.47 Å². The zero-order valence-electron chi connectivity index (χ0n) is 40.7. The summed E-state index contributed by atoms with van der Waals surface area (Å²) in [5.41, 5.74) is 3.60. The summed E-state index contributed by atoms with van der Waals surface area (Å²) in [4.78, 5) is 85.8. The van der Waals surface area contributed by atoms with E-state index in [-0.39, 0.29) is 66.0 Å². The topological polar surface area (TPSA) is 165 Å². The second kappa shape index (κ2) is 20.9. The summed E-state index contributed by atoms with van der Waals surface area (Å²) in [6, 6.07) is 21.7. The third-order valence-electron chi connectivity index (χ3n) is 14.1. The van der Waals surface area contributed by atoms with Crippen molar-refractivity contribution in [2.75, 3.05) is 38.5 Å². The number of nitrogens with zero attached hydrogens (tertiary/aromatic N) is 3. The molecule has 0 aromatic heterocycles. The number of hydrogen-bond acceptors (Lipinski definition) is 11. The molecule has 0 saturated carbocycles. The Balaban J connectivity index is 1.18. The molecule has 6 atom stereocenters. The van der Waals surface area contributed by atoms with Crippen LogP contribution in [-0.4, -0.2) is 99.2 Å². The third kappa shape index (κ3) is 12.0. The van der Waals surface area contributed by atoms with Crippen LogP contribution in [0.3, 0.4) is 0 Å². The zero-order chi connectivity index (χ0) is 49.0. The Morgan fingerprint density at radius 1 is 0.582 bits per heavy atom. The summed E-state index contributed by atoms with van der Waals surface area (Å²) in [5, 5.41) is 0. The normalized spacial score (nSPS) is 20.9. The molecule has 14 heteroatoms. The second-order valence-corrected chi connectivity index (χ2v) is 22.8. The lowest BCUT2D eigenvalue weighted by molar-refractivity contribution is -0.151. The van der Waals surface area contributed by atoms with E-state index in [1.807, 2.05) is 102 Å². The van der Waals surface area contributed by atoms with Gasteiger partial charge in [-0.05, 0) is 95.9 Å². The van der Waals surface area contributed by atoms with Gasteiger partial charge in [-0.1, -0.05) is 90.1 Å². The van der Waals surface area contributed by atoms with Gasteiger partial charge in [-0.3, -0.25) is 28.8 Å². The lowest BCUT2D eigenvalue weighted by Gasteiger charge is -2.34. The molecule has 3 aromatic carbocycles. The van der Waals surface area contributed by atoms with Crippen LogP contribution < -0.4 is 4.90 Å². The minimum absolute atomic E-state index is 0.0399. The molecule has 67 heavy (non-hydrogen) atoms. The van der Waals surface area contributed by atoms with Gasteiger partial charge >= 0.3 is 11.9 Å². The van der Waals surface area contributed by atoms with E-state index in [1.54, 1.807) is 21.9 Å². The SMILES string of the molecule is COC(=O)C[C@H](C(=O)N1CCC[C@H]1C(=O)Cc1ccc([C@H]2CC[C@H](c3ccc(CC(=O)[C@@H]4CCCN4C(=O)[C@@H](CC(=O)OC)C(C)(C)C)cc3)N2c2ccc(S(C)(=O)=O)cc2)cc1)C(C)(C)C. The largest absolute Gasteiger partial charge is 0.469 e. The average molecular weight is 940 g/mol. The van der Waals surface area contributed by atoms with Crippen LogP contribution in [0.25, 0.3) is 0 Å². The number of ketones is 2. The Labute approximate surface area is 396 Å². The summed E-state index contributed by atoms with van der Waals surface area (Å²) >= 11 is 0. The molecular weight excluding hydrogens is 871 g/mol. The fraction of sp³-hybridized carbons (Fsp3) is 0.547. The van der Waals surface area contributed by atoms with Crippen LogP contribution in [-0.2, 0) is 60.9 Å². The maximum absolute atomic E-state index is 13.9. The summed E-state index contributed by atoms with van der Waals surface area (Å²) in [5.74, 6) is -2.61. The molecule has 3 aliphatic rings. The number of esters is 2. The number of Topliss-reactive ketones (excluding diaryl/α,β-unsaturated/α-hetero) is 2. The van der Waals surface area contributed by atoms with Crippen molar-refractivity contribution < 1.29 is 46.7 Å². The highest BCUT2D eigenvalue weighted by atomic mass is 32.2. The first-order chi connectivity index (χ1) is 31.5. The molecule has 3 fully saturated rings. The van der Waals surface area contributed by atoms with E-state index in [0.29, 0.717) is 38.8 Å². The van der Waals surface area contributed by atoms with Crippen molar-refractivity contribution in [3.63, 3.8) is 0 Å². The number of carbonyl (C=O) groups excluding carboxylic acids is 6. The zero-order valence-corrected chi connectivity index (χ0v) is 41.5. The fourth-order valence-electron chi connectivity index (χ4n) is 10.2. The Hall–Kier alpha value is -5.37. The summed E-state index contributed by atoms with van der Waals surface area (Å²) < 4.78 is 34.6. The summed E-state index contributed by atoms with van der Waals surface area (Å²) in [6.45, 7) is 12.5. The molecule has 13 nitrogen and oxygen atoms in total. The van der Waals surface area contributed by atoms with Crippen molar-refractivity contribution in [3.05, 3.63) is 95.1 Å². The molecule has 0 unspecified atom stereocenters. The second-order valence-electron chi connectivity index (χ2n) is 20.8. The van der Waals surface area contributed by atoms with Crippen molar-refractivity contribution in [2.24, 2.45) is 22.7 Å². The Morgan fingerprint density at radius 3 is 1.28 bits per heavy atom. The van der Waals surface area contributed by atoms with Crippen LogP contribution in [0.4, 0.5) is 5.69 Å². The molecule has 2 amide bonds. The van der Waals surface area contributed by atoms with Gasteiger partial charge in [0.25, 0.3) is 0 Å². The first kappa shape index (κ1) is 51.0. The van der Waals surface area contributed by atoms with Gasteiger partial charge in [-0.15, -0.1) is 0 Å². The lowest BCUT2D eigenvalue weighted by atomic mass is 9.77. The first-order valence-electron chi connectivity index (χ1n) is 23.6. The number of likely N-dealkylation sites (tertiary alicyclic amines) is 2. The Bertz CT molecular complexity index is 2270. The molecule has 3 heterocycles. The fourth-order valence-corrected chi connectivity index (χ4v) is 10.8. The van der Waals surface area contributed by atoms with Crippen molar-refractivity contribution in [1.29, 1.82) is 0 Å². The van der Waals surface area contributed by atoms with Crippen LogP contribution in [0.15, 0.2) is 77.7 Å². The predicted octanol–water partition coefficient (Wildman–Crippen LogP) is 7.83. The van der Waals surface area contributed by atoms with E-state index < -0.39 is 56.5 Å². The number of methoxy groups -OCH3 is 2. The summed E-state index contributed by atoms with van der Waals surface area (Å²) in [6.07, 6.45) is 5.58. The maximum Gasteiger partial charge on any atom is 0.306 e. The summed E-state index contributed by atoms with van der Waals surface area (Å²) in [7, 11) is -0.802. The third-order valence-corrected chi connectivity index (χ3v) is 15.3. The first-order valence-corrected chi connectivity index (χ1v) is 25.5. The molecule has 0 bridgehead atoms. The van der Waals surface area contributed by atoms with E-state index in [9.17, 15) is 37.2 Å². The van der Waals surface area contributed by atoms with Gasteiger partial charge < -0.3 is 24.2 Å². The number of ether oxygens (including phenoxy) is 2. The molecule has 3 aliphatic heterocycles.